The van der Waals surface area contributed by atoms with Gasteiger partial charge in [0.1, 0.15) is 5.76 Å². The highest BCUT2D eigenvalue weighted by atomic mass is 16.3. The smallest absolute Gasteiger partial charge is 0.188 e. The molecular weight excluding hydrogens is 158 g/mol. The topological polar surface area (TPSA) is 66.7 Å². The molecule has 0 aromatic heterocycles. The number of aliphatic hydroxyl groups excluding tert-OH is 1. The first-order valence-electron chi connectivity index (χ1n) is 3.58. The summed E-state index contributed by atoms with van der Waals surface area (Å²) in [7, 11) is 0. The van der Waals surface area contributed by atoms with Crippen LogP contribution in [0.25, 0.3) is 0 Å². The number of rotatable bonds is 2. The maximum atomic E-state index is 10.8. The summed E-state index contributed by atoms with van der Waals surface area (Å²) in [6.45, 7) is 6.27. The first-order valence-corrected chi connectivity index (χ1v) is 3.58. The van der Waals surface area contributed by atoms with Gasteiger partial charge in [-0.1, -0.05) is 20.8 Å². The van der Waals surface area contributed by atoms with Crippen molar-refractivity contribution in [3.63, 3.8) is 0 Å². The van der Waals surface area contributed by atoms with Crippen molar-refractivity contribution in [1.29, 1.82) is 0 Å². The number of hydrogen-bond acceptors (Lipinski definition) is 4. The minimum atomic E-state index is -0.616. The summed E-state index contributed by atoms with van der Waals surface area (Å²) in [5.74, 6) is -0.776. The third-order valence-corrected chi connectivity index (χ3v) is 1.36. The van der Waals surface area contributed by atoms with Crippen LogP contribution in [0.5, 0.6) is 0 Å². The number of aliphatic hydroxyl groups is 1. The molecule has 0 aromatic rings. The molecule has 0 unspecified atom stereocenters. The lowest BCUT2D eigenvalue weighted by Crippen LogP contribution is -2.13. The number of nitroso groups, excluding NO2 is 1. The van der Waals surface area contributed by atoms with Crippen LogP contribution >= 0.6 is 0 Å². The van der Waals surface area contributed by atoms with Gasteiger partial charge in [-0.2, -0.15) is 0 Å². The van der Waals surface area contributed by atoms with E-state index in [2.05, 4.69) is 5.18 Å². The van der Waals surface area contributed by atoms with Crippen molar-refractivity contribution in [3.05, 3.63) is 16.4 Å². The second-order valence-corrected chi connectivity index (χ2v) is 3.59. The second-order valence-electron chi connectivity index (χ2n) is 3.59. The van der Waals surface area contributed by atoms with Crippen molar-refractivity contribution < 1.29 is 9.90 Å². The molecule has 0 saturated carbocycles. The van der Waals surface area contributed by atoms with Crippen LogP contribution in [0.4, 0.5) is 0 Å². The maximum Gasteiger partial charge on any atom is 0.188 e. The molecule has 4 nitrogen and oxygen atoms in total. The van der Waals surface area contributed by atoms with Gasteiger partial charge in [0.15, 0.2) is 11.5 Å². The molecule has 4 heteroatoms. The number of nitrogens with zero attached hydrogens (tertiary/aromatic N) is 1. The van der Waals surface area contributed by atoms with E-state index >= 15 is 0 Å². The number of carbonyl (C=O) groups excluding carboxylic acids is 1. The van der Waals surface area contributed by atoms with E-state index in [4.69, 9.17) is 0 Å². The van der Waals surface area contributed by atoms with Gasteiger partial charge in [-0.25, -0.2) is 0 Å². The first-order chi connectivity index (χ1) is 5.30. The fourth-order valence-electron chi connectivity index (χ4n) is 0.629. The standard InChI is InChI=1S/C8H13NO3/c1-5(10)6(9-12)7(11)8(2,3)4/h11H,1-4H3/b7-6-. The number of carbonyl (C=O) groups is 1. The van der Waals surface area contributed by atoms with Crippen LogP contribution in [0.15, 0.2) is 16.6 Å². The van der Waals surface area contributed by atoms with Crippen LogP contribution in [0.1, 0.15) is 27.7 Å². The van der Waals surface area contributed by atoms with Crippen molar-refractivity contribution >= 4 is 5.78 Å². The van der Waals surface area contributed by atoms with Crippen molar-refractivity contribution in [2.45, 2.75) is 27.7 Å². The summed E-state index contributed by atoms with van der Waals surface area (Å²) < 4.78 is 0. The largest absolute Gasteiger partial charge is 0.509 e. The molecule has 0 amide bonds. The van der Waals surface area contributed by atoms with Gasteiger partial charge in [-0.05, 0) is 5.18 Å². The molecule has 12 heavy (non-hydrogen) atoms. The molecule has 0 atom stereocenters. The normalized spacial score (nSPS) is 13.7. The van der Waals surface area contributed by atoms with Crippen LogP contribution in [0.2, 0.25) is 0 Å². The molecule has 0 fully saturated rings. The Labute approximate surface area is 71.3 Å². The Morgan fingerprint density at radius 3 is 1.83 bits per heavy atom. The van der Waals surface area contributed by atoms with E-state index in [-0.39, 0.29) is 11.5 Å². The average molecular weight is 171 g/mol. The Morgan fingerprint density at radius 1 is 1.33 bits per heavy atom. The summed E-state index contributed by atoms with van der Waals surface area (Å²) >= 11 is 0. The third-order valence-electron chi connectivity index (χ3n) is 1.36. The van der Waals surface area contributed by atoms with Gasteiger partial charge in [0, 0.05) is 12.3 Å². The van der Waals surface area contributed by atoms with Crippen LogP contribution < -0.4 is 0 Å². The SMILES string of the molecule is CC(=O)/C(N=O)=C(/O)C(C)(C)C. The highest BCUT2D eigenvalue weighted by molar-refractivity contribution is 5.93. The van der Waals surface area contributed by atoms with Crippen molar-refractivity contribution in [1.82, 2.24) is 0 Å². The number of allylic oxidation sites excluding steroid dienone is 2. The lowest BCUT2D eigenvalue weighted by atomic mass is 9.92. The number of hydrogen-bond donors (Lipinski definition) is 1. The Kier molecular flexibility index (Phi) is 3.13. The Balaban J connectivity index is 5.12. The summed E-state index contributed by atoms with van der Waals surface area (Å²) in [4.78, 5) is 20.9. The van der Waals surface area contributed by atoms with Gasteiger partial charge in [0.25, 0.3) is 0 Å². The molecule has 0 spiro atoms. The molecule has 1 N–H and O–H groups in total. The van der Waals surface area contributed by atoms with E-state index in [1.165, 1.54) is 6.92 Å². The molecule has 0 aliphatic heterocycles. The minimum absolute atomic E-state index is 0.259. The molecule has 0 rings (SSSR count). The second kappa shape index (κ2) is 3.47. The van der Waals surface area contributed by atoms with Gasteiger partial charge in [0.2, 0.25) is 0 Å². The van der Waals surface area contributed by atoms with Crippen LogP contribution in [-0.4, -0.2) is 10.9 Å². The van der Waals surface area contributed by atoms with E-state index in [0.717, 1.165) is 0 Å². The zero-order valence-electron chi connectivity index (χ0n) is 7.71. The quantitative estimate of drug-likeness (QED) is 0.393. The number of ketones is 1. The van der Waals surface area contributed by atoms with Gasteiger partial charge in [-0.3, -0.25) is 4.79 Å². The Bertz CT molecular complexity index is 235. The summed E-state index contributed by atoms with van der Waals surface area (Å²) in [6.07, 6.45) is 0. The van der Waals surface area contributed by atoms with Gasteiger partial charge in [-0.15, -0.1) is 4.91 Å². The molecule has 68 valence electrons. The lowest BCUT2D eigenvalue weighted by molar-refractivity contribution is -0.113. The fraction of sp³-hybridized carbons (Fsp3) is 0.625. The van der Waals surface area contributed by atoms with Crippen LogP contribution in [0, 0.1) is 10.3 Å². The van der Waals surface area contributed by atoms with Crippen molar-refractivity contribution in [3.8, 4) is 0 Å². The Hall–Kier alpha value is -1.19. The summed E-state index contributed by atoms with van der Waals surface area (Å²) in [5.41, 5.74) is -1.00. The highest BCUT2D eigenvalue weighted by Crippen LogP contribution is 2.26. The van der Waals surface area contributed by atoms with Crippen molar-refractivity contribution in [2.75, 3.05) is 0 Å². The van der Waals surface area contributed by atoms with Gasteiger partial charge < -0.3 is 5.11 Å². The van der Waals surface area contributed by atoms with Gasteiger partial charge in [0.05, 0.1) is 0 Å². The monoisotopic (exact) mass is 171 g/mol. The molecule has 0 heterocycles. The lowest BCUT2D eigenvalue weighted by Gasteiger charge is -2.17. The van der Waals surface area contributed by atoms with Gasteiger partial charge >= 0.3 is 0 Å². The van der Waals surface area contributed by atoms with E-state index in [0.29, 0.717) is 0 Å². The highest BCUT2D eigenvalue weighted by Gasteiger charge is 2.23. The maximum absolute atomic E-state index is 10.8. The molecule has 0 aliphatic rings. The van der Waals surface area contributed by atoms with Crippen molar-refractivity contribution in [2.24, 2.45) is 10.6 Å². The minimum Gasteiger partial charge on any atom is -0.509 e. The van der Waals surface area contributed by atoms with E-state index in [9.17, 15) is 14.8 Å². The zero-order valence-corrected chi connectivity index (χ0v) is 7.71. The Morgan fingerprint density at radius 2 is 1.75 bits per heavy atom. The first kappa shape index (κ1) is 10.8. The predicted molar refractivity (Wildman–Crippen MR) is 45.6 cm³/mol. The fourth-order valence-corrected chi connectivity index (χ4v) is 0.629. The zero-order chi connectivity index (χ0) is 9.94. The third kappa shape index (κ3) is 2.45. The van der Waals surface area contributed by atoms with Crippen LogP contribution in [0.3, 0.4) is 0 Å². The molecule has 0 aliphatic carbocycles. The summed E-state index contributed by atoms with van der Waals surface area (Å²) in [5, 5.41) is 11.9. The predicted octanol–water partition coefficient (Wildman–Crippen LogP) is 2.16. The number of Topliss-reactive ketones (excluding diaryl/α,β-unsaturated/α-hetero) is 1. The van der Waals surface area contributed by atoms with E-state index < -0.39 is 11.2 Å². The molecule has 0 bridgehead atoms. The molecule has 0 saturated heterocycles. The molecule has 0 radical (unpaired) electrons. The molecule has 0 aromatic carbocycles. The van der Waals surface area contributed by atoms with E-state index in [1.54, 1.807) is 20.8 Å². The van der Waals surface area contributed by atoms with E-state index in [1.807, 2.05) is 0 Å². The average Bonchev–Trinajstić information content (AvgIpc) is 1.86. The molecular formula is C8H13NO3. The summed E-state index contributed by atoms with van der Waals surface area (Å²) in [6, 6.07) is 0. The van der Waals surface area contributed by atoms with Crippen LogP contribution in [-0.2, 0) is 4.79 Å².